The molecule has 2 fully saturated rings. The predicted octanol–water partition coefficient (Wildman–Crippen LogP) is 2.02. The summed E-state index contributed by atoms with van der Waals surface area (Å²) in [6.07, 6.45) is 1.65. The van der Waals surface area contributed by atoms with E-state index in [2.05, 4.69) is 16.0 Å². The number of aryl methyl sites for hydroxylation is 2. The van der Waals surface area contributed by atoms with Gasteiger partial charge in [0.2, 0.25) is 5.88 Å². The maximum Gasteiger partial charge on any atom is 0.308 e. The highest BCUT2D eigenvalue weighted by Crippen LogP contribution is 2.44. The molecule has 3 heterocycles. The van der Waals surface area contributed by atoms with Gasteiger partial charge in [-0.05, 0) is 38.3 Å². The van der Waals surface area contributed by atoms with Gasteiger partial charge in [-0.15, -0.1) is 0 Å². The van der Waals surface area contributed by atoms with E-state index in [1.54, 1.807) is 7.11 Å². The SMILES string of the molecule is COc1nc(CN2CC(C(=O)O)C3(CCOCC3)C2)c(C)cc1C. The zero-order valence-electron chi connectivity index (χ0n) is 14.7. The number of hydrogen-bond donors (Lipinski definition) is 1. The molecule has 0 radical (unpaired) electrons. The minimum atomic E-state index is -0.689. The van der Waals surface area contributed by atoms with E-state index in [9.17, 15) is 9.90 Å². The highest BCUT2D eigenvalue weighted by atomic mass is 16.5. The van der Waals surface area contributed by atoms with E-state index in [4.69, 9.17) is 9.47 Å². The van der Waals surface area contributed by atoms with Crippen LogP contribution in [0.2, 0.25) is 0 Å². The summed E-state index contributed by atoms with van der Waals surface area (Å²) < 4.78 is 10.8. The van der Waals surface area contributed by atoms with Gasteiger partial charge in [0, 0.05) is 43.8 Å². The Balaban J connectivity index is 1.80. The van der Waals surface area contributed by atoms with Crippen molar-refractivity contribution >= 4 is 5.97 Å². The first-order chi connectivity index (χ1) is 11.4. The number of rotatable bonds is 4. The second-order valence-corrected chi connectivity index (χ2v) is 7.11. The fraction of sp³-hybridized carbons (Fsp3) is 0.667. The van der Waals surface area contributed by atoms with Crippen molar-refractivity contribution in [2.24, 2.45) is 11.3 Å². The van der Waals surface area contributed by atoms with E-state index >= 15 is 0 Å². The average molecular weight is 334 g/mol. The van der Waals surface area contributed by atoms with Crippen LogP contribution in [0.1, 0.15) is 29.7 Å². The molecule has 3 rings (SSSR count). The van der Waals surface area contributed by atoms with Crippen molar-refractivity contribution in [3.63, 3.8) is 0 Å². The van der Waals surface area contributed by atoms with Crippen LogP contribution in [0.3, 0.4) is 0 Å². The summed E-state index contributed by atoms with van der Waals surface area (Å²) in [4.78, 5) is 18.6. The van der Waals surface area contributed by atoms with Crippen LogP contribution in [0.15, 0.2) is 6.07 Å². The fourth-order valence-corrected chi connectivity index (χ4v) is 4.16. The number of aliphatic carboxylic acids is 1. The molecule has 2 aliphatic rings. The van der Waals surface area contributed by atoms with Gasteiger partial charge in [0.25, 0.3) is 0 Å². The van der Waals surface area contributed by atoms with E-state index in [0.29, 0.717) is 32.2 Å². The zero-order chi connectivity index (χ0) is 17.3. The Morgan fingerprint density at radius 1 is 1.42 bits per heavy atom. The summed E-state index contributed by atoms with van der Waals surface area (Å²) in [7, 11) is 1.63. The highest BCUT2D eigenvalue weighted by Gasteiger charge is 2.50. The number of hydrogen-bond acceptors (Lipinski definition) is 5. The number of carboxylic acid groups (broad SMARTS) is 1. The molecule has 1 unspecified atom stereocenters. The number of carbonyl (C=O) groups is 1. The quantitative estimate of drug-likeness (QED) is 0.908. The Kier molecular flexibility index (Phi) is 4.78. The molecule has 1 N–H and O–H groups in total. The molecule has 0 saturated carbocycles. The van der Waals surface area contributed by atoms with Crippen LogP contribution in [-0.2, 0) is 16.1 Å². The lowest BCUT2D eigenvalue weighted by atomic mass is 9.72. The molecular formula is C18H26N2O4. The van der Waals surface area contributed by atoms with E-state index in [1.165, 1.54) is 0 Å². The lowest BCUT2D eigenvalue weighted by molar-refractivity contribution is -0.147. The van der Waals surface area contributed by atoms with E-state index < -0.39 is 5.97 Å². The van der Waals surface area contributed by atoms with Crippen molar-refractivity contribution in [3.8, 4) is 5.88 Å². The van der Waals surface area contributed by atoms with E-state index in [0.717, 1.165) is 36.2 Å². The molecule has 2 aliphatic heterocycles. The highest BCUT2D eigenvalue weighted by molar-refractivity contribution is 5.72. The van der Waals surface area contributed by atoms with Gasteiger partial charge in [-0.25, -0.2) is 4.98 Å². The van der Waals surface area contributed by atoms with Crippen LogP contribution in [0, 0.1) is 25.2 Å². The van der Waals surface area contributed by atoms with Crippen LogP contribution in [-0.4, -0.2) is 54.4 Å². The topological polar surface area (TPSA) is 71.9 Å². The van der Waals surface area contributed by atoms with Gasteiger partial charge < -0.3 is 14.6 Å². The summed E-state index contributed by atoms with van der Waals surface area (Å²) in [6.45, 7) is 7.38. The molecule has 6 nitrogen and oxygen atoms in total. The number of pyridine rings is 1. The Morgan fingerprint density at radius 3 is 2.75 bits per heavy atom. The molecule has 6 heteroatoms. The van der Waals surface area contributed by atoms with Crippen molar-refractivity contribution in [1.29, 1.82) is 0 Å². The van der Waals surface area contributed by atoms with Gasteiger partial charge in [-0.2, -0.15) is 0 Å². The third-order valence-corrected chi connectivity index (χ3v) is 5.53. The Hall–Kier alpha value is -1.66. The number of carboxylic acids is 1. The van der Waals surface area contributed by atoms with Gasteiger partial charge in [0.15, 0.2) is 0 Å². The van der Waals surface area contributed by atoms with Crippen molar-refractivity contribution in [1.82, 2.24) is 9.88 Å². The molecular weight excluding hydrogens is 308 g/mol. The zero-order valence-corrected chi connectivity index (χ0v) is 14.7. The van der Waals surface area contributed by atoms with Crippen LogP contribution in [0.4, 0.5) is 0 Å². The van der Waals surface area contributed by atoms with Gasteiger partial charge >= 0.3 is 5.97 Å². The van der Waals surface area contributed by atoms with Crippen LogP contribution >= 0.6 is 0 Å². The molecule has 1 aromatic rings. The van der Waals surface area contributed by atoms with Crippen molar-refractivity contribution in [2.75, 3.05) is 33.4 Å². The average Bonchev–Trinajstić information content (AvgIpc) is 2.88. The lowest BCUT2D eigenvalue weighted by Crippen LogP contribution is -2.40. The van der Waals surface area contributed by atoms with Gasteiger partial charge in [0.05, 0.1) is 18.7 Å². The molecule has 0 amide bonds. The maximum absolute atomic E-state index is 11.8. The number of nitrogens with zero attached hydrogens (tertiary/aromatic N) is 2. The number of aromatic nitrogens is 1. The third kappa shape index (κ3) is 3.13. The lowest BCUT2D eigenvalue weighted by Gasteiger charge is -2.36. The first-order valence-corrected chi connectivity index (χ1v) is 8.49. The number of likely N-dealkylation sites (tertiary alicyclic amines) is 1. The fourth-order valence-electron chi connectivity index (χ4n) is 4.16. The summed E-state index contributed by atoms with van der Waals surface area (Å²) in [5.74, 6) is -0.370. The van der Waals surface area contributed by atoms with Gasteiger partial charge in [0.1, 0.15) is 0 Å². The normalized spacial score (nSPS) is 23.5. The Bertz CT molecular complexity index is 626. The molecule has 1 spiro atoms. The van der Waals surface area contributed by atoms with Crippen molar-refractivity contribution < 1.29 is 19.4 Å². The van der Waals surface area contributed by atoms with Gasteiger partial charge in [-0.3, -0.25) is 9.69 Å². The smallest absolute Gasteiger partial charge is 0.308 e. The molecule has 2 saturated heterocycles. The summed E-state index contributed by atoms with van der Waals surface area (Å²) in [5.41, 5.74) is 2.94. The number of methoxy groups -OCH3 is 1. The molecule has 0 bridgehead atoms. The minimum absolute atomic E-state index is 0.160. The maximum atomic E-state index is 11.8. The van der Waals surface area contributed by atoms with Crippen LogP contribution in [0.5, 0.6) is 5.88 Å². The largest absolute Gasteiger partial charge is 0.481 e. The molecule has 24 heavy (non-hydrogen) atoms. The monoisotopic (exact) mass is 334 g/mol. The van der Waals surface area contributed by atoms with Crippen LogP contribution in [0.25, 0.3) is 0 Å². The molecule has 0 aliphatic carbocycles. The number of ether oxygens (including phenoxy) is 2. The van der Waals surface area contributed by atoms with Crippen molar-refractivity contribution in [3.05, 3.63) is 22.9 Å². The first kappa shape index (κ1) is 17.2. The van der Waals surface area contributed by atoms with Crippen LogP contribution < -0.4 is 4.74 Å². The summed E-state index contributed by atoms with van der Waals surface area (Å²) in [6, 6.07) is 2.08. The molecule has 1 atom stereocenters. The minimum Gasteiger partial charge on any atom is -0.481 e. The standard InChI is InChI=1S/C18H26N2O4/c1-12-8-13(2)16(23-3)19-15(12)10-20-9-14(17(21)22)18(11-20)4-6-24-7-5-18/h8,14H,4-7,9-11H2,1-3H3,(H,21,22). The van der Waals surface area contributed by atoms with E-state index in [1.807, 2.05) is 13.8 Å². The Labute approximate surface area is 142 Å². The second-order valence-electron chi connectivity index (χ2n) is 7.11. The third-order valence-electron chi connectivity index (χ3n) is 5.53. The summed E-state index contributed by atoms with van der Waals surface area (Å²) >= 11 is 0. The van der Waals surface area contributed by atoms with Gasteiger partial charge in [-0.1, -0.05) is 0 Å². The Morgan fingerprint density at radius 2 is 2.12 bits per heavy atom. The molecule has 0 aromatic carbocycles. The predicted molar refractivity (Wildman–Crippen MR) is 89.2 cm³/mol. The first-order valence-electron chi connectivity index (χ1n) is 8.49. The second kappa shape index (κ2) is 6.69. The molecule has 1 aromatic heterocycles. The van der Waals surface area contributed by atoms with Crippen molar-refractivity contribution in [2.45, 2.75) is 33.2 Å². The van der Waals surface area contributed by atoms with E-state index in [-0.39, 0.29) is 11.3 Å². The summed E-state index contributed by atoms with van der Waals surface area (Å²) in [5, 5.41) is 9.68. The molecule has 132 valence electrons.